The van der Waals surface area contributed by atoms with Crippen molar-refractivity contribution >= 4 is 17.8 Å². The van der Waals surface area contributed by atoms with Gasteiger partial charge in [0.15, 0.2) is 0 Å². The molecule has 0 saturated carbocycles. The van der Waals surface area contributed by atoms with E-state index in [0.29, 0.717) is 5.56 Å². The minimum atomic E-state index is -2.96. The lowest BCUT2D eigenvalue weighted by molar-refractivity contribution is -0.135. The third kappa shape index (κ3) is 4.53. The Kier molecular flexibility index (Phi) is 6.02. The summed E-state index contributed by atoms with van der Waals surface area (Å²) in [5.41, 5.74) is -1.01. The van der Waals surface area contributed by atoms with E-state index in [2.05, 4.69) is 15.4 Å². The Bertz CT molecular complexity index is 724. The summed E-state index contributed by atoms with van der Waals surface area (Å²) in [5, 5.41) is 5.30. The molecule has 27 heavy (non-hydrogen) atoms. The van der Waals surface area contributed by atoms with E-state index in [1.165, 1.54) is 31.2 Å². The van der Waals surface area contributed by atoms with Gasteiger partial charge in [-0.15, -0.1) is 0 Å². The number of imide groups is 1. The van der Waals surface area contributed by atoms with Crippen molar-refractivity contribution in [1.29, 1.82) is 0 Å². The lowest BCUT2D eigenvalue weighted by Gasteiger charge is -2.23. The van der Waals surface area contributed by atoms with Gasteiger partial charge in [0.2, 0.25) is 5.91 Å². The lowest BCUT2D eigenvalue weighted by Crippen LogP contribution is -2.45. The molecule has 0 bridgehead atoms. The average Bonchev–Trinajstić information content (AvgIpc) is 2.79. The largest absolute Gasteiger partial charge is 0.435 e. The summed E-state index contributed by atoms with van der Waals surface area (Å²) in [5.74, 6) is -0.892. The van der Waals surface area contributed by atoms with Crippen molar-refractivity contribution in [3.63, 3.8) is 0 Å². The van der Waals surface area contributed by atoms with Gasteiger partial charge in [-0.3, -0.25) is 14.5 Å². The highest BCUT2D eigenvalue weighted by Gasteiger charge is 2.49. The van der Waals surface area contributed by atoms with Crippen LogP contribution >= 0.6 is 0 Å². The molecule has 1 aromatic rings. The second-order valence-corrected chi connectivity index (χ2v) is 6.95. The predicted octanol–water partition coefficient (Wildman–Crippen LogP) is 2.22. The third-order valence-corrected chi connectivity index (χ3v) is 4.62. The molecule has 4 amide bonds. The summed E-state index contributed by atoms with van der Waals surface area (Å²) < 4.78 is 28.8. The minimum Gasteiger partial charge on any atom is -0.435 e. The van der Waals surface area contributed by atoms with Crippen molar-refractivity contribution < 1.29 is 27.9 Å². The maximum absolute atomic E-state index is 12.8. The number of carbonyl (C=O) groups excluding carboxylic acids is 3. The molecule has 1 aromatic carbocycles. The zero-order valence-electron chi connectivity index (χ0n) is 15.6. The van der Waals surface area contributed by atoms with Crippen molar-refractivity contribution in [2.75, 3.05) is 6.54 Å². The Hall–Kier alpha value is -2.71. The smallest absolute Gasteiger partial charge is 0.387 e. The van der Waals surface area contributed by atoms with E-state index >= 15 is 0 Å². The number of amides is 4. The Morgan fingerprint density at radius 1 is 1.22 bits per heavy atom. The maximum atomic E-state index is 12.8. The molecule has 0 aromatic heterocycles. The van der Waals surface area contributed by atoms with Crippen LogP contribution in [0.25, 0.3) is 0 Å². The molecule has 0 radical (unpaired) electrons. The van der Waals surface area contributed by atoms with Gasteiger partial charge in [-0.2, -0.15) is 8.78 Å². The van der Waals surface area contributed by atoms with Gasteiger partial charge in [-0.25, -0.2) is 4.79 Å². The zero-order chi connectivity index (χ0) is 20.4. The zero-order valence-corrected chi connectivity index (χ0v) is 15.6. The first-order valence-corrected chi connectivity index (χ1v) is 8.53. The highest BCUT2D eigenvalue weighted by atomic mass is 19.3. The summed E-state index contributed by atoms with van der Waals surface area (Å²) >= 11 is 0. The van der Waals surface area contributed by atoms with Gasteiger partial charge in [0.25, 0.3) is 5.91 Å². The molecule has 1 heterocycles. The molecule has 1 aliphatic heterocycles. The fourth-order valence-electron chi connectivity index (χ4n) is 2.62. The first kappa shape index (κ1) is 20.6. The van der Waals surface area contributed by atoms with Crippen LogP contribution in [0, 0.1) is 5.92 Å². The van der Waals surface area contributed by atoms with Crippen molar-refractivity contribution in [2.24, 2.45) is 5.92 Å². The van der Waals surface area contributed by atoms with Gasteiger partial charge in [-0.1, -0.05) is 26.0 Å². The standard InChI is InChI=1S/C18H23F2N3O4/c1-10(2)11(3)21-14(24)9-23-15(25)18(4,22-17(23)26)12-5-7-13(8-6-12)27-16(19)20/h5-8,10-11,16H,9H2,1-4H3,(H,21,24)(H,22,26)/t11-,18-/m0/s1. The number of hydrogen-bond donors (Lipinski definition) is 2. The molecular formula is C18H23F2N3O4. The van der Waals surface area contributed by atoms with E-state index in [1.54, 1.807) is 0 Å². The molecular weight excluding hydrogens is 360 g/mol. The summed E-state index contributed by atoms with van der Waals surface area (Å²) in [4.78, 5) is 38.0. The fraction of sp³-hybridized carbons (Fsp3) is 0.500. The lowest BCUT2D eigenvalue weighted by atomic mass is 9.92. The molecule has 7 nitrogen and oxygen atoms in total. The van der Waals surface area contributed by atoms with Crippen LogP contribution in [0.2, 0.25) is 0 Å². The van der Waals surface area contributed by atoms with Crippen molar-refractivity contribution in [2.45, 2.75) is 45.9 Å². The molecule has 1 aliphatic rings. The molecule has 2 N–H and O–H groups in total. The van der Waals surface area contributed by atoms with Crippen LogP contribution in [-0.4, -0.2) is 41.9 Å². The van der Waals surface area contributed by atoms with Crippen LogP contribution in [0.5, 0.6) is 5.75 Å². The monoisotopic (exact) mass is 383 g/mol. The molecule has 0 spiro atoms. The predicted molar refractivity (Wildman–Crippen MR) is 93.1 cm³/mol. The molecule has 1 saturated heterocycles. The topological polar surface area (TPSA) is 87.7 Å². The fourth-order valence-corrected chi connectivity index (χ4v) is 2.62. The first-order valence-electron chi connectivity index (χ1n) is 8.53. The Morgan fingerprint density at radius 2 is 1.81 bits per heavy atom. The normalized spacial score (nSPS) is 20.8. The number of rotatable bonds is 7. The number of ether oxygens (including phenoxy) is 1. The number of hydrogen-bond acceptors (Lipinski definition) is 4. The van der Waals surface area contributed by atoms with Gasteiger partial charge in [0.05, 0.1) is 0 Å². The summed E-state index contributed by atoms with van der Waals surface area (Å²) in [6.07, 6.45) is 0. The molecule has 2 rings (SSSR count). The number of benzene rings is 1. The number of nitrogens with zero attached hydrogens (tertiary/aromatic N) is 1. The number of urea groups is 1. The molecule has 148 valence electrons. The van der Waals surface area contributed by atoms with E-state index in [1.807, 2.05) is 20.8 Å². The van der Waals surface area contributed by atoms with Crippen molar-refractivity contribution in [3.8, 4) is 5.75 Å². The van der Waals surface area contributed by atoms with Gasteiger partial charge in [-0.05, 0) is 37.5 Å². The maximum Gasteiger partial charge on any atom is 0.387 e. The van der Waals surface area contributed by atoms with Crippen LogP contribution in [-0.2, 0) is 15.1 Å². The Morgan fingerprint density at radius 3 is 2.33 bits per heavy atom. The molecule has 0 aliphatic carbocycles. The van der Waals surface area contributed by atoms with Crippen LogP contribution in [0.4, 0.5) is 13.6 Å². The average molecular weight is 383 g/mol. The number of nitrogens with one attached hydrogen (secondary N) is 2. The Labute approximate surface area is 156 Å². The third-order valence-electron chi connectivity index (χ3n) is 4.62. The first-order chi connectivity index (χ1) is 12.5. The van der Waals surface area contributed by atoms with Crippen LogP contribution in [0.15, 0.2) is 24.3 Å². The van der Waals surface area contributed by atoms with Crippen molar-refractivity contribution in [1.82, 2.24) is 15.5 Å². The number of halogens is 2. The number of alkyl halides is 2. The number of carbonyl (C=O) groups is 3. The van der Waals surface area contributed by atoms with E-state index in [-0.39, 0.29) is 17.7 Å². The van der Waals surface area contributed by atoms with Gasteiger partial charge in [0.1, 0.15) is 17.8 Å². The highest BCUT2D eigenvalue weighted by Crippen LogP contribution is 2.30. The SMILES string of the molecule is CC(C)[C@H](C)NC(=O)CN1C(=O)N[C@@](C)(c2ccc(OC(F)F)cc2)C1=O. The summed E-state index contributed by atoms with van der Waals surface area (Å²) in [6, 6.07) is 4.60. The second kappa shape index (κ2) is 7.89. The van der Waals surface area contributed by atoms with Gasteiger partial charge < -0.3 is 15.4 Å². The van der Waals surface area contributed by atoms with E-state index < -0.39 is 36.5 Å². The molecule has 1 fully saturated rings. The van der Waals surface area contributed by atoms with Crippen molar-refractivity contribution in [3.05, 3.63) is 29.8 Å². The van der Waals surface area contributed by atoms with Crippen LogP contribution in [0.3, 0.4) is 0 Å². The molecule has 0 unspecified atom stereocenters. The van der Waals surface area contributed by atoms with Crippen LogP contribution < -0.4 is 15.4 Å². The van der Waals surface area contributed by atoms with Gasteiger partial charge >= 0.3 is 12.6 Å². The van der Waals surface area contributed by atoms with E-state index in [0.717, 1.165) is 4.90 Å². The minimum absolute atomic E-state index is 0.0620. The highest BCUT2D eigenvalue weighted by molar-refractivity contribution is 6.09. The summed E-state index contributed by atoms with van der Waals surface area (Å²) in [7, 11) is 0. The molecule has 9 heteroatoms. The Balaban J connectivity index is 2.12. The van der Waals surface area contributed by atoms with E-state index in [9.17, 15) is 23.2 Å². The van der Waals surface area contributed by atoms with E-state index in [4.69, 9.17) is 0 Å². The second-order valence-electron chi connectivity index (χ2n) is 6.95. The summed E-state index contributed by atoms with van der Waals surface area (Å²) in [6.45, 7) is 3.85. The molecule has 2 atom stereocenters. The quantitative estimate of drug-likeness (QED) is 0.707. The van der Waals surface area contributed by atoms with Gasteiger partial charge in [0, 0.05) is 6.04 Å². The van der Waals surface area contributed by atoms with Crippen LogP contribution in [0.1, 0.15) is 33.3 Å².